The molecule has 0 bridgehead atoms. The monoisotopic (exact) mass is 601 g/mol. The first kappa shape index (κ1) is 29.5. The van der Waals surface area contributed by atoms with Crippen LogP contribution < -0.4 is 10.2 Å². The Morgan fingerprint density at radius 3 is 2.42 bits per heavy atom. The van der Waals surface area contributed by atoms with Crippen molar-refractivity contribution in [1.29, 1.82) is 0 Å². The maximum atomic E-state index is 13.8. The number of carbonyl (C=O) groups excluding carboxylic acids is 1. The van der Waals surface area contributed by atoms with Gasteiger partial charge >= 0.3 is 0 Å². The number of amides is 1. The first-order chi connectivity index (χ1) is 19.0. The van der Waals surface area contributed by atoms with E-state index in [1.54, 1.807) is 24.3 Å². The van der Waals surface area contributed by atoms with Gasteiger partial charge in [-0.1, -0.05) is 29.3 Å². The SMILES string of the molecule is CCN(CCO)c1ccc(/N=C(\C(=O)Nc2cc(Cl)ccc2C)C2=Nc3ccc(Cl)cc3S(=O)(=O)N2C)c(C)c1. The molecule has 9 nitrogen and oxygen atoms in total. The van der Waals surface area contributed by atoms with E-state index in [1.165, 1.54) is 25.2 Å². The van der Waals surface area contributed by atoms with Gasteiger partial charge in [-0.15, -0.1) is 0 Å². The summed E-state index contributed by atoms with van der Waals surface area (Å²) in [5.74, 6) is -0.812. The van der Waals surface area contributed by atoms with E-state index in [1.807, 2.05) is 37.8 Å². The summed E-state index contributed by atoms with van der Waals surface area (Å²) in [7, 11) is -2.77. The van der Waals surface area contributed by atoms with Gasteiger partial charge in [0, 0.05) is 41.6 Å². The van der Waals surface area contributed by atoms with E-state index >= 15 is 0 Å². The van der Waals surface area contributed by atoms with Crippen LogP contribution in [-0.2, 0) is 14.8 Å². The summed E-state index contributed by atoms with van der Waals surface area (Å²) in [6.07, 6.45) is 0. The van der Waals surface area contributed by atoms with Crippen molar-refractivity contribution in [2.75, 3.05) is 37.0 Å². The number of amidine groups is 1. The van der Waals surface area contributed by atoms with Crippen molar-refractivity contribution in [3.63, 3.8) is 0 Å². The molecule has 0 fully saturated rings. The predicted octanol–water partition coefficient (Wildman–Crippen LogP) is 5.50. The number of aliphatic hydroxyl groups is 1. The number of fused-ring (bicyclic) bond motifs is 1. The van der Waals surface area contributed by atoms with Gasteiger partial charge in [-0.3, -0.25) is 9.10 Å². The largest absolute Gasteiger partial charge is 0.395 e. The van der Waals surface area contributed by atoms with Crippen molar-refractivity contribution in [3.05, 3.63) is 75.8 Å². The van der Waals surface area contributed by atoms with Gasteiger partial charge in [0.05, 0.1) is 18.0 Å². The van der Waals surface area contributed by atoms with Crippen LogP contribution in [-0.4, -0.2) is 62.0 Å². The second-order valence-corrected chi connectivity index (χ2v) is 12.0. The van der Waals surface area contributed by atoms with Crippen molar-refractivity contribution in [2.24, 2.45) is 9.98 Å². The molecule has 4 rings (SSSR count). The number of aliphatic imine (C=N–C) groups is 2. The molecule has 0 saturated heterocycles. The number of hydrogen-bond donors (Lipinski definition) is 2. The number of carbonyl (C=O) groups is 1. The number of aryl methyl sites for hydroxylation is 2. The maximum Gasteiger partial charge on any atom is 0.278 e. The topological polar surface area (TPSA) is 115 Å². The summed E-state index contributed by atoms with van der Waals surface area (Å²) in [6.45, 7) is 6.80. The fourth-order valence-electron chi connectivity index (χ4n) is 4.22. The minimum absolute atomic E-state index is 0.00729. The second-order valence-electron chi connectivity index (χ2n) is 9.17. The van der Waals surface area contributed by atoms with Gasteiger partial charge in [0.15, 0.2) is 11.5 Å². The lowest BCUT2D eigenvalue weighted by Gasteiger charge is -2.27. The molecule has 0 radical (unpaired) electrons. The van der Waals surface area contributed by atoms with Crippen LogP contribution in [0.3, 0.4) is 0 Å². The fraction of sp³-hybridized carbons (Fsp3) is 0.250. The molecule has 0 saturated carbocycles. The minimum atomic E-state index is -4.08. The fourth-order valence-corrected chi connectivity index (χ4v) is 5.93. The summed E-state index contributed by atoms with van der Waals surface area (Å²) in [4.78, 5) is 24.9. The molecule has 0 atom stereocenters. The number of anilines is 2. The number of nitrogens with one attached hydrogen (secondary N) is 1. The first-order valence-electron chi connectivity index (χ1n) is 12.5. The molecule has 1 aliphatic rings. The normalized spacial score (nSPS) is 14.4. The van der Waals surface area contributed by atoms with Crippen LogP contribution in [0.25, 0.3) is 0 Å². The third-order valence-electron chi connectivity index (χ3n) is 6.49. The highest BCUT2D eigenvalue weighted by atomic mass is 35.5. The van der Waals surface area contributed by atoms with Gasteiger partial charge in [-0.25, -0.2) is 18.4 Å². The summed E-state index contributed by atoms with van der Waals surface area (Å²) in [6, 6.07) is 14.9. The van der Waals surface area contributed by atoms with E-state index in [9.17, 15) is 18.3 Å². The highest BCUT2D eigenvalue weighted by Gasteiger charge is 2.36. The third kappa shape index (κ3) is 6.00. The lowest BCUT2D eigenvalue weighted by molar-refractivity contribution is -0.110. The van der Waals surface area contributed by atoms with Crippen LogP contribution in [0.4, 0.5) is 22.7 Å². The van der Waals surface area contributed by atoms with Gasteiger partial charge in [0.2, 0.25) is 0 Å². The lowest BCUT2D eigenvalue weighted by atomic mass is 10.1. The number of likely N-dealkylation sites (N-methyl/N-ethyl adjacent to an activating group) is 1. The average molecular weight is 603 g/mol. The molecule has 2 N–H and O–H groups in total. The lowest BCUT2D eigenvalue weighted by Crippen LogP contribution is -2.44. The van der Waals surface area contributed by atoms with Crippen molar-refractivity contribution in [2.45, 2.75) is 25.7 Å². The molecule has 1 heterocycles. The predicted molar refractivity (Wildman–Crippen MR) is 162 cm³/mol. The van der Waals surface area contributed by atoms with Crippen molar-refractivity contribution in [1.82, 2.24) is 4.31 Å². The van der Waals surface area contributed by atoms with Crippen LogP contribution in [0.5, 0.6) is 0 Å². The minimum Gasteiger partial charge on any atom is -0.395 e. The van der Waals surface area contributed by atoms with Gasteiger partial charge in [0.25, 0.3) is 15.9 Å². The van der Waals surface area contributed by atoms with Crippen molar-refractivity contribution in [3.8, 4) is 0 Å². The van der Waals surface area contributed by atoms with E-state index in [2.05, 4.69) is 15.3 Å². The molecule has 40 heavy (non-hydrogen) atoms. The summed E-state index contributed by atoms with van der Waals surface area (Å²) in [5.41, 5.74) is 3.23. The molecular formula is C28H29Cl2N5O4S. The quantitative estimate of drug-likeness (QED) is 0.331. The van der Waals surface area contributed by atoms with E-state index in [0.29, 0.717) is 29.5 Å². The zero-order valence-corrected chi connectivity index (χ0v) is 24.8. The van der Waals surface area contributed by atoms with E-state index in [0.717, 1.165) is 21.1 Å². The molecule has 210 valence electrons. The summed E-state index contributed by atoms with van der Waals surface area (Å²) < 4.78 is 27.8. The average Bonchev–Trinajstić information content (AvgIpc) is 2.91. The third-order valence-corrected chi connectivity index (χ3v) is 8.74. The molecule has 0 aliphatic carbocycles. The van der Waals surface area contributed by atoms with Gasteiger partial charge < -0.3 is 15.3 Å². The summed E-state index contributed by atoms with van der Waals surface area (Å²) in [5, 5.41) is 12.9. The Balaban J connectivity index is 1.87. The van der Waals surface area contributed by atoms with Crippen molar-refractivity contribution < 1.29 is 18.3 Å². The van der Waals surface area contributed by atoms with Gasteiger partial charge in [-0.05, 0) is 80.4 Å². The molecule has 1 amide bonds. The Morgan fingerprint density at radius 1 is 1.05 bits per heavy atom. The van der Waals surface area contributed by atoms with Gasteiger partial charge in [-0.2, -0.15) is 0 Å². The first-order valence-corrected chi connectivity index (χ1v) is 14.7. The number of nitrogens with zero attached hydrogens (tertiary/aromatic N) is 4. The number of sulfonamides is 1. The molecular weight excluding hydrogens is 573 g/mol. The van der Waals surface area contributed by atoms with E-state index in [4.69, 9.17) is 23.2 Å². The van der Waals surface area contributed by atoms with Gasteiger partial charge in [0.1, 0.15) is 4.90 Å². The van der Waals surface area contributed by atoms with E-state index in [-0.39, 0.29) is 33.8 Å². The molecule has 0 unspecified atom stereocenters. The molecule has 0 aromatic heterocycles. The Morgan fingerprint density at radius 2 is 1.75 bits per heavy atom. The number of rotatable bonds is 8. The van der Waals surface area contributed by atoms with Crippen LogP contribution in [0.2, 0.25) is 10.0 Å². The molecule has 12 heteroatoms. The van der Waals surface area contributed by atoms with Crippen molar-refractivity contribution >= 4 is 73.4 Å². The Kier molecular flexibility index (Phi) is 8.84. The summed E-state index contributed by atoms with van der Waals surface area (Å²) >= 11 is 12.2. The number of benzene rings is 3. The smallest absolute Gasteiger partial charge is 0.278 e. The van der Waals surface area contributed by atoms with E-state index < -0.39 is 15.9 Å². The maximum absolute atomic E-state index is 13.8. The second kappa shape index (κ2) is 12.0. The number of halogens is 2. The molecule has 3 aromatic carbocycles. The number of aliphatic hydroxyl groups excluding tert-OH is 1. The molecule has 1 aliphatic heterocycles. The Bertz CT molecular complexity index is 1640. The van der Waals surface area contributed by atoms with Crippen LogP contribution in [0, 0.1) is 13.8 Å². The molecule has 3 aromatic rings. The highest BCUT2D eigenvalue weighted by Crippen LogP contribution is 2.35. The Hall–Kier alpha value is -3.44. The Labute approximate surface area is 243 Å². The zero-order chi connectivity index (χ0) is 29.2. The van der Waals surface area contributed by atoms with Crippen LogP contribution >= 0.6 is 23.2 Å². The number of hydrogen-bond acceptors (Lipinski definition) is 7. The highest BCUT2D eigenvalue weighted by molar-refractivity contribution is 7.90. The zero-order valence-electron chi connectivity index (χ0n) is 22.4. The van der Waals surface area contributed by atoms with Crippen LogP contribution in [0.1, 0.15) is 18.1 Å². The standard InChI is InChI=1S/C28H29Cl2N5O4S/c1-5-35(12-13-36)21-9-11-22(18(3)14-21)31-26(28(37)33-24-15-19(29)7-6-17(24)2)27-32-23-10-8-20(30)16-25(23)40(38,39)34(27)4/h6-11,14-16,36H,5,12-13H2,1-4H3,(H,33,37)/b31-26-. The molecule has 0 spiro atoms. The van der Waals surface area contributed by atoms with Crippen LogP contribution in [0.15, 0.2) is 69.5 Å².